The number of hydrogen-bond donors (Lipinski definition) is 0. The van der Waals surface area contributed by atoms with Gasteiger partial charge in [-0.25, -0.2) is 4.79 Å². The number of carbonyl (C=O) groups excluding carboxylic acids is 1. The molecule has 0 heterocycles. The molecule has 0 bridgehead atoms. The molecule has 0 spiro atoms. The molecule has 0 aliphatic heterocycles. The zero-order valence-corrected chi connectivity index (χ0v) is 16.0. The third-order valence-electron chi connectivity index (χ3n) is 4.27. The Labute approximate surface area is 153 Å². The van der Waals surface area contributed by atoms with Crippen molar-refractivity contribution in [1.82, 2.24) is 0 Å². The number of carbonyl (C=O) groups is 1. The molecule has 0 aromatic heterocycles. The minimum atomic E-state index is -0.357. The Balaban J connectivity index is 2.14. The van der Waals surface area contributed by atoms with E-state index in [0.29, 0.717) is 0 Å². The van der Waals surface area contributed by atoms with Crippen molar-refractivity contribution in [2.24, 2.45) is 0 Å². The van der Waals surface area contributed by atoms with Crippen LogP contribution in [-0.4, -0.2) is 19.7 Å². The van der Waals surface area contributed by atoms with Gasteiger partial charge in [0.15, 0.2) is 0 Å². The van der Waals surface area contributed by atoms with E-state index in [0.717, 1.165) is 24.3 Å². The number of rotatable bonds is 14. The Morgan fingerprint density at radius 2 is 1.52 bits per heavy atom. The van der Waals surface area contributed by atoms with Crippen LogP contribution in [-0.2, 0) is 9.53 Å². The summed E-state index contributed by atoms with van der Waals surface area (Å²) in [7, 11) is 1.38. The van der Waals surface area contributed by atoms with Crippen molar-refractivity contribution in [2.75, 3.05) is 13.7 Å². The molecule has 0 saturated heterocycles. The highest BCUT2D eigenvalue weighted by molar-refractivity contribution is 5.87. The molecular formula is C22H34O3. The number of unbranched alkanes of at least 4 members (excludes halogenated alkanes) is 9. The van der Waals surface area contributed by atoms with Crippen molar-refractivity contribution in [3.8, 4) is 5.75 Å². The Hall–Kier alpha value is -1.77. The molecule has 0 N–H and O–H groups in total. The average molecular weight is 347 g/mol. The van der Waals surface area contributed by atoms with E-state index in [1.807, 2.05) is 24.3 Å². The topological polar surface area (TPSA) is 35.5 Å². The van der Waals surface area contributed by atoms with Gasteiger partial charge < -0.3 is 9.47 Å². The second-order valence-electron chi connectivity index (χ2n) is 6.42. The first kappa shape index (κ1) is 21.3. The molecule has 0 saturated carbocycles. The van der Waals surface area contributed by atoms with E-state index in [2.05, 4.69) is 11.7 Å². The van der Waals surface area contributed by atoms with Gasteiger partial charge >= 0.3 is 5.97 Å². The fraction of sp³-hybridized carbons (Fsp3) is 0.591. The van der Waals surface area contributed by atoms with E-state index in [1.54, 1.807) is 6.08 Å². The van der Waals surface area contributed by atoms with E-state index >= 15 is 0 Å². The highest BCUT2D eigenvalue weighted by atomic mass is 16.5. The third kappa shape index (κ3) is 10.6. The fourth-order valence-electron chi connectivity index (χ4n) is 2.75. The lowest BCUT2D eigenvalue weighted by molar-refractivity contribution is -0.134. The Kier molecular flexibility index (Phi) is 12.4. The predicted octanol–water partition coefficient (Wildman–Crippen LogP) is 6.17. The average Bonchev–Trinajstić information content (AvgIpc) is 2.64. The van der Waals surface area contributed by atoms with Crippen LogP contribution in [0, 0.1) is 0 Å². The largest absolute Gasteiger partial charge is 0.493 e. The Morgan fingerprint density at radius 1 is 0.920 bits per heavy atom. The molecule has 1 aromatic carbocycles. The monoisotopic (exact) mass is 346 g/mol. The van der Waals surface area contributed by atoms with Gasteiger partial charge in [-0.1, -0.05) is 82.9 Å². The molecular weight excluding hydrogens is 312 g/mol. The zero-order chi connectivity index (χ0) is 18.2. The molecule has 0 unspecified atom stereocenters. The standard InChI is InChI=1S/C22H34O3/c1-3-4-5-6-7-8-9-10-11-14-19-25-21-16-13-12-15-20(21)17-18-22(23)24-2/h12-13,15-18H,3-11,14,19H2,1-2H3. The molecule has 0 amide bonds. The van der Waals surface area contributed by atoms with E-state index < -0.39 is 0 Å². The molecule has 140 valence electrons. The van der Waals surface area contributed by atoms with Crippen LogP contribution in [0.15, 0.2) is 30.3 Å². The summed E-state index contributed by atoms with van der Waals surface area (Å²) in [6.07, 6.45) is 16.3. The highest BCUT2D eigenvalue weighted by Crippen LogP contribution is 2.20. The maximum atomic E-state index is 11.2. The molecule has 0 fully saturated rings. The van der Waals surface area contributed by atoms with Gasteiger partial charge in [-0.3, -0.25) is 0 Å². The molecule has 3 heteroatoms. The third-order valence-corrected chi connectivity index (χ3v) is 4.27. The molecule has 1 aromatic rings. The van der Waals surface area contributed by atoms with Crippen molar-refractivity contribution >= 4 is 12.0 Å². The van der Waals surface area contributed by atoms with Crippen LogP contribution < -0.4 is 4.74 Å². The van der Waals surface area contributed by atoms with Crippen molar-refractivity contribution in [2.45, 2.75) is 71.1 Å². The molecule has 1 rings (SSSR count). The lowest BCUT2D eigenvalue weighted by Crippen LogP contribution is -1.99. The predicted molar refractivity (Wildman–Crippen MR) is 105 cm³/mol. The van der Waals surface area contributed by atoms with Crippen molar-refractivity contribution in [1.29, 1.82) is 0 Å². The molecule has 3 nitrogen and oxygen atoms in total. The number of esters is 1. The summed E-state index contributed by atoms with van der Waals surface area (Å²) in [5.41, 5.74) is 0.903. The smallest absolute Gasteiger partial charge is 0.330 e. The van der Waals surface area contributed by atoms with E-state index in [9.17, 15) is 4.79 Å². The number of para-hydroxylation sites is 1. The van der Waals surface area contributed by atoms with E-state index in [4.69, 9.17) is 4.74 Å². The molecule has 0 aliphatic carbocycles. The minimum absolute atomic E-state index is 0.357. The zero-order valence-electron chi connectivity index (χ0n) is 16.0. The maximum Gasteiger partial charge on any atom is 0.330 e. The number of ether oxygens (including phenoxy) is 2. The fourth-order valence-corrected chi connectivity index (χ4v) is 2.75. The first-order valence-corrected chi connectivity index (χ1v) is 9.75. The summed E-state index contributed by atoms with van der Waals surface area (Å²) < 4.78 is 10.5. The van der Waals surface area contributed by atoms with Gasteiger partial charge in [0.2, 0.25) is 0 Å². The van der Waals surface area contributed by atoms with Crippen molar-refractivity contribution in [3.05, 3.63) is 35.9 Å². The summed E-state index contributed by atoms with van der Waals surface area (Å²) in [5.74, 6) is 0.461. The summed E-state index contributed by atoms with van der Waals surface area (Å²) in [5, 5.41) is 0. The summed E-state index contributed by atoms with van der Waals surface area (Å²) in [6, 6.07) is 7.76. The molecule has 0 radical (unpaired) electrons. The summed E-state index contributed by atoms with van der Waals surface area (Å²) >= 11 is 0. The van der Waals surface area contributed by atoms with E-state index in [-0.39, 0.29) is 5.97 Å². The molecule has 0 aliphatic rings. The van der Waals surface area contributed by atoms with Crippen molar-refractivity contribution in [3.63, 3.8) is 0 Å². The Morgan fingerprint density at radius 3 is 2.16 bits per heavy atom. The van der Waals surface area contributed by atoms with Crippen LogP contribution in [0.5, 0.6) is 5.75 Å². The van der Waals surface area contributed by atoms with Crippen LogP contribution in [0.3, 0.4) is 0 Å². The van der Waals surface area contributed by atoms with Gasteiger partial charge in [-0.2, -0.15) is 0 Å². The van der Waals surface area contributed by atoms with Crippen LogP contribution in [0.25, 0.3) is 6.08 Å². The van der Waals surface area contributed by atoms with Crippen LogP contribution in [0.2, 0.25) is 0 Å². The molecule has 0 atom stereocenters. The van der Waals surface area contributed by atoms with Gasteiger partial charge in [-0.05, 0) is 18.6 Å². The molecule has 25 heavy (non-hydrogen) atoms. The SMILES string of the molecule is CCCCCCCCCCCCOc1ccccc1C=CC(=O)OC. The first-order valence-electron chi connectivity index (χ1n) is 9.75. The number of methoxy groups -OCH3 is 1. The van der Waals surface area contributed by atoms with Gasteiger partial charge in [-0.15, -0.1) is 0 Å². The van der Waals surface area contributed by atoms with Gasteiger partial charge in [0, 0.05) is 11.6 Å². The maximum absolute atomic E-state index is 11.2. The van der Waals surface area contributed by atoms with Crippen LogP contribution >= 0.6 is 0 Å². The summed E-state index contributed by atoms with van der Waals surface area (Å²) in [6.45, 7) is 2.98. The second kappa shape index (κ2) is 14.6. The highest BCUT2D eigenvalue weighted by Gasteiger charge is 2.01. The lowest BCUT2D eigenvalue weighted by atomic mass is 10.1. The Bertz CT molecular complexity index is 494. The van der Waals surface area contributed by atoms with Gasteiger partial charge in [0.25, 0.3) is 0 Å². The normalized spacial score (nSPS) is 11.0. The van der Waals surface area contributed by atoms with Crippen LogP contribution in [0.1, 0.15) is 76.7 Å². The first-order chi connectivity index (χ1) is 12.3. The van der Waals surface area contributed by atoms with E-state index in [1.165, 1.54) is 71.0 Å². The van der Waals surface area contributed by atoms with Gasteiger partial charge in [0.05, 0.1) is 13.7 Å². The van der Waals surface area contributed by atoms with Gasteiger partial charge in [0.1, 0.15) is 5.75 Å². The van der Waals surface area contributed by atoms with Crippen molar-refractivity contribution < 1.29 is 14.3 Å². The quantitative estimate of drug-likeness (QED) is 0.229. The number of hydrogen-bond acceptors (Lipinski definition) is 3. The van der Waals surface area contributed by atoms with Crippen LogP contribution in [0.4, 0.5) is 0 Å². The minimum Gasteiger partial charge on any atom is -0.493 e. The second-order valence-corrected chi connectivity index (χ2v) is 6.42. The number of benzene rings is 1. The lowest BCUT2D eigenvalue weighted by Gasteiger charge is -2.09. The summed E-state index contributed by atoms with van der Waals surface area (Å²) in [4.78, 5) is 11.2.